The van der Waals surface area contributed by atoms with Crippen LogP contribution < -0.4 is 9.47 Å². The Balaban J connectivity index is 2.25. The van der Waals surface area contributed by atoms with Crippen molar-refractivity contribution >= 4 is 0 Å². The van der Waals surface area contributed by atoms with E-state index in [1.807, 2.05) is 6.07 Å². The number of aliphatic hydroxyl groups excluding tert-OH is 1. The number of hydrogen-bond donors (Lipinski definition) is 1. The molecular formula is C15H22O3. The molecule has 0 bridgehead atoms. The second kappa shape index (κ2) is 6.10. The standard InChI is InChI=1S/C15H22O3/c1-11(2)13(6-7-16)12-4-5-14-15(10-12)18-9-3-8-17-14/h4-5,10-11,13,16H,3,6-9H2,1-2H3. The number of fused-ring (bicyclic) bond motifs is 1. The molecule has 0 spiro atoms. The molecule has 1 N–H and O–H groups in total. The lowest BCUT2D eigenvalue weighted by atomic mass is 9.86. The molecule has 1 aromatic carbocycles. The van der Waals surface area contributed by atoms with E-state index in [0.717, 1.165) is 30.9 Å². The molecular weight excluding hydrogens is 228 g/mol. The maximum Gasteiger partial charge on any atom is 0.161 e. The lowest BCUT2D eigenvalue weighted by molar-refractivity contribution is 0.261. The summed E-state index contributed by atoms with van der Waals surface area (Å²) in [6.07, 6.45) is 1.71. The third-order valence-corrected chi connectivity index (χ3v) is 3.44. The SMILES string of the molecule is CC(C)C(CCO)c1ccc2c(c1)OCCCO2. The van der Waals surface area contributed by atoms with Gasteiger partial charge in [-0.2, -0.15) is 0 Å². The summed E-state index contributed by atoms with van der Waals surface area (Å²) in [6.45, 7) is 6.02. The first-order chi connectivity index (χ1) is 8.72. The monoisotopic (exact) mass is 250 g/mol. The van der Waals surface area contributed by atoms with Crippen molar-refractivity contribution in [3.05, 3.63) is 23.8 Å². The van der Waals surface area contributed by atoms with Crippen LogP contribution in [-0.4, -0.2) is 24.9 Å². The highest BCUT2D eigenvalue weighted by Gasteiger charge is 2.18. The molecule has 0 aliphatic carbocycles. The summed E-state index contributed by atoms with van der Waals surface area (Å²) in [6, 6.07) is 6.15. The third-order valence-electron chi connectivity index (χ3n) is 3.44. The fourth-order valence-corrected chi connectivity index (χ4v) is 2.43. The molecule has 1 aliphatic rings. The van der Waals surface area contributed by atoms with Gasteiger partial charge in [-0.05, 0) is 36.0 Å². The summed E-state index contributed by atoms with van der Waals surface area (Å²) >= 11 is 0. The van der Waals surface area contributed by atoms with Crippen LogP contribution in [0.3, 0.4) is 0 Å². The number of aliphatic hydroxyl groups is 1. The van der Waals surface area contributed by atoms with Gasteiger partial charge in [0.1, 0.15) is 0 Å². The smallest absolute Gasteiger partial charge is 0.161 e. The molecule has 1 atom stereocenters. The average Bonchev–Trinajstić information content (AvgIpc) is 2.59. The van der Waals surface area contributed by atoms with Crippen LogP contribution in [0.4, 0.5) is 0 Å². The van der Waals surface area contributed by atoms with Crippen molar-refractivity contribution in [3.8, 4) is 11.5 Å². The maximum absolute atomic E-state index is 9.17. The van der Waals surface area contributed by atoms with Gasteiger partial charge < -0.3 is 14.6 Å². The Labute approximate surface area is 109 Å². The lowest BCUT2D eigenvalue weighted by Crippen LogP contribution is -2.09. The molecule has 2 rings (SSSR count). The van der Waals surface area contributed by atoms with E-state index >= 15 is 0 Å². The van der Waals surface area contributed by atoms with E-state index in [0.29, 0.717) is 18.4 Å². The maximum atomic E-state index is 9.17. The third kappa shape index (κ3) is 2.96. The Morgan fingerprint density at radius 2 is 1.89 bits per heavy atom. The Bertz CT molecular complexity index is 387. The van der Waals surface area contributed by atoms with E-state index < -0.39 is 0 Å². The number of benzene rings is 1. The van der Waals surface area contributed by atoms with Gasteiger partial charge in [0.15, 0.2) is 11.5 Å². The van der Waals surface area contributed by atoms with Gasteiger partial charge in [-0.15, -0.1) is 0 Å². The van der Waals surface area contributed by atoms with E-state index in [2.05, 4.69) is 26.0 Å². The second-order valence-corrected chi connectivity index (χ2v) is 5.12. The van der Waals surface area contributed by atoms with Crippen LogP contribution in [0.25, 0.3) is 0 Å². The van der Waals surface area contributed by atoms with Crippen molar-refractivity contribution in [1.82, 2.24) is 0 Å². The summed E-state index contributed by atoms with van der Waals surface area (Å²) in [5.41, 5.74) is 1.23. The van der Waals surface area contributed by atoms with Crippen molar-refractivity contribution in [1.29, 1.82) is 0 Å². The van der Waals surface area contributed by atoms with Gasteiger partial charge in [-0.1, -0.05) is 19.9 Å². The van der Waals surface area contributed by atoms with Gasteiger partial charge in [0.25, 0.3) is 0 Å². The summed E-state index contributed by atoms with van der Waals surface area (Å²) < 4.78 is 11.3. The van der Waals surface area contributed by atoms with Crippen LogP contribution in [0, 0.1) is 5.92 Å². The summed E-state index contributed by atoms with van der Waals surface area (Å²) in [5.74, 6) is 2.55. The van der Waals surface area contributed by atoms with Crippen LogP contribution in [-0.2, 0) is 0 Å². The minimum atomic E-state index is 0.220. The van der Waals surface area contributed by atoms with Crippen LogP contribution in [0.5, 0.6) is 11.5 Å². The minimum Gasteiger partial charge on any atom is -0.490 e. The zero-order valence-corrected chi connectivity index (χ0v) is 11.2. The van der Waals surface area contributed by atoms with E-state index in [9.17, 15) is 5.11 Å². The molecule has 1 aliphatic heterocycles. The average molecular weight is 250 g/mol. The van der Waals surface area contributed by atoms with Crippen LogP contribution in [0.1, 0.15) is 38.2 Å². The molecule has 1 heterocycles. The molecule has 0 amide bonds. The second-order valence-electron chi connectivity index (χ2n) is 5.12. The van der Waals surface area contributed by atoms with Gasteiger partial charge in [-0.3, -0.25) is 0 Å². The predicted octanol–water partition coefficient (Wildman–Crippen LogP) is 2.97. The predicted molar refractivity (Wildman–Crippen MR) is 71.3 cm³/mol. The van der Waals surface area contributed by atoms with Crippen molar-refractivity contribution in [2.75, 3.05) is 19.8 Å². The molecule has 0 saturated heterocycles. The zero-order valence-electron chi connectivity index (χ0n) is 11.2. The first-order valence-corrected chi connectivity index (χ1v) is 6.72. The Hall–Kier alpha value is -1.22. The van der Waals surface area contributed by atoms with Gasteiger partial charge in [-0.25, -0.2) is 0 Å². The highest BCUT2D eigenvalue weighted by atomic mass is 16.5. The Morgan fingerprint density at radius 3 is 2.56 bits per heavy atom. The fourth-order valence-electron chi connectivity index (χ4n) is 2.43. The molecule has 18 heavy (non-hydrogen) atoms. The topological polar surface area (TPSA) is 38.7 Å². The van der Waals surface area contributed by atoms with Crippen LogP contribution in [0.15, 0.2) is 18.2 Å². The molecule has 0 fully saturated rings. The molecule has 1 unspecified atom stereocenters. The van der Waals surface area contributed by atoms with Gasteiger partial charge >= 0.3 is 0 Å². The zero-order chi connectivity index (χ0) is 13.0. The molecule has 0 aromatic heterocycles. The molecule has 0 radical (unpaired) electrons. The van der Waals surface area contributed by atoms with Crippen LogP contribution >= 0.6 is 0 Å². The van der Waals surface area contributed by atoms with E-state index in [1.165, 1.54) is 5.56 Å². The van der Waals surface area contributed by atoms with Gasteiger partial charge in [0.2, 0.25) is 0 Å². The summed E-state index contributed by atoms with van der Waals surface area (Å²) in [5, 5.41) is 9.17. The highest BCUT2D eigenvalue weighted by Crippen LogP contribution is 2.36. The number of ether oxygens (including phenoxy) is 2. The summed E-state index contributed by atoms with van der Waals surface area (Å²) in [7, 11) is 0. The lowest BCUT2D eigenvalue weighted by Gasteiger charge is -2.21. The summed E-state index contributed by atoms with van der Waals surface area (Å²) in [4.78, 5) is 0. The van der Waals surface area contributed by atoms with Crippen molar-refractivity contribution in [2.45, 2.75) is 32.6 Å². The quantitative estimate of drug-likeness (QED) is 0.893. The first kappa shape index (κ1) is 13.2. The molecule has 3 heteroatoms. The minimum absolute atomic E-state index is 0.220. The van der Waals surface area contributed by atoms with Crippen LogP contribution in [0.2, 0.25) is 0 Å². The Morgan fingerprint density at radius 1 is 1.17 bits per heavy atom. The highest BCUT2D eigenvalue weighted by molar-refractivity contribution is 5.44. The molecule has 1 aromatic rings. The van der Waals surface area contributed by atoms with Crippen molar-refractivity contribution in [3.63, 3.8) is 0 Å². The first-order valence-electron chi connectivity index (χ1n) is 6.72. The fraction of sp³-hybridized carbons (Fsp3) is 0.600. The van der Waals surface area contributed by atoms with E-state index in [-0.39, 0.29) is 6.61 Å². The largest absolute Gasteiger partial charge is 0.490 e. The Kier molecular flexibility index (Phi) is 4.48. The van der Waals surface area contributed by atoms with E-state index in [4.69, 9.17) is 9.47 Å². The molecule has 100 valence electrons. The van der Waals surface area contributed by atoms with Gasteiger partial charge in [0.05, 0.1) is 13.2 Å². The normalized spacial score (nSPS) is 16.4. The molecule has 0 saturated carbocycles. The van der Waals surface area contributed by atoms with Gasteiger partial charge in [0, 0.05) is 13.0 Å². The number of hydrogen-bond acceptors (Lipinski definition) is 3. The van der Waals surface area contributed by atoms with Crippen molar-refractivity contribution < 1.29 is 14.6 Å². The molecule has 3 nitrogen and oxygen atoms in total. The van der Waals surface area contributed by atoms with E-state index in [1.54, 1.807) is 0 Å². The van der Waals surface area contributed by atoms with Crippen molar-refractivity contribution in [2.24, 2.45) is 5.92 Å². The number of rotatable bonds is 4.